The van der Waals surface area contributed by atoms with Crippen molar-refractivity contribution in [3.8, 4) is 5.75 Å². The van der Waals surface area contributed by atoms with Crippen molar-refractivity contribution in [3.63, 3.8) is 0 Å². The molecule has 0 bridgehead atoms. The minimum Gasteiger partial charge on any atom is -0.486 e. The number of ether oxygens (including phenoxy) is 1. The average Bonchev–Trinajstić information content (AvgIpc) is 3.72. The van der Waals surface area contributed by atoms with Crippen molar-refractivity contribution in [1.82, 2.24) is 15.2 Å². The van der Waals surface area contributed by atoms with E-state index >= 15 is 0 Å². The van der Waals surface area contributed by atoms with E-state index in [4.69, 9.17) is 9.15 Å². The lowest BCUT2D eigenvalue weighted by molar-refractivity contribution is 0.0661. The highest BCUT2D eigenvalue weighted by Crippen LogP contribution is 2.38. The minimum absolute atomic E-state index is 0.142. The van der Waals surface area contributed by atoms with Gasteiger partial charge in [-0.2, -0.15) is 0 Å². The quantitative estimate of drug-likeness (QED) is 0.255. The number of amides is 2. The average molecular weight is 550 g/mol. The molecule has 6 rings (SSSR count). The molecule has 8 heteroatoms. The van der Waals surface area contributed by atoms with Crippen LogP contribution in [0.25, 0.3) is 0 Å². The monoisotopic (exact) mass is 549 g/mol. The summed E-state index contributed by atoms with van der Waals surface area (Å²) in [6, 6.07) is 28.9. The van der Waals surface area contributed by atoms with Gasteiger partial charge in [-0.3, -0.25) is 9.59 Å². The number of benzene rings is 3. The molecular weight excluding hydrogens is 522 g/mol. The van der Waals surface area contributed by atoms with Gasteiger partial charge in [0.2, 0.25) is 0 Å². The Labute approximate surface area is 236 Å². The van der Waals surface area contributed by atoms with Gasteiger partial charge in [-0.05, 0) is 52.9 Å². The lowest BCUT2D eigenvalue weighted by atomic mass is 9.87. The molecule has 2 aromatic heterocycles. The molecule has 7 nitrogen and oxygen atoms in total. The van der Waals surface area contributed by atoms with Crippen LogP contribution in [0.5, 0.6) is 5.75 Å². The first-order valence-electron chi connectivity index (χ1n) is 13.1. The summed E-state index contributed by atoms with van der Waals surface area (Å²) in [5, 5.41) is 5.36. The molecule has 0 aliphatic carbocycles. The van der Waals surface area contributed by atoms with Crippen molar-refractivity contribution in [2.24, 2.45) is 0 Å². The Balaban J connectivity index is 1.18. The van der Waals surface area contributed by atoms with E-state index in [1.165, 1.54) is 23.2 Å². The van der Waals surface area contributed by atoms with Gasteiger partial charge >= 0.3 is 0 Å². The fourth-order valence-electron chi connectivity index (χ4n) is 4.93. The number of carbonyl (C=O) groups is 2. The van der Waals surface area contributed by atoms with E-state index in [1.54, 1.807) is 17.5 Å². The molecule has 0 saturated heterocycles. The first kappa shape index (κ1) is 25.6. The molecule has 1 aliphatic rings. The molecule has 3 aromatic carbocycles. The molecule has 0 fully saturated rings. The molecule has 200 valence electrons. The summed E-state index contributed by atoms with van der Waals surface area (Å²) in [6.45, 7) is 1.27. The maximum atomic E-state index is 13.4. The molecular formula is C32H27N3O4S. The zero-order chi connectivity index (χ0) is 27.3. The summed E-state index contributed by atoms with van der Waals surface area (Å²) in [7, 11) is 0. The first-order valence-corrected chi connectivity index (χ1v) is 14.0. The topological polar surface area (TPSA) is 84.7 Å². The Morgan fingerprint density at radius 1 is 1.00 bits per heavy atom. The third-order valence-electron chi connectivity index (χ3n) is 6.90. The largest absolute Gasteiger partial charge is 0.486 e. The molecule has 40 heavy (non-hydrogen) atoms. The van der Waals surface area contributed by atoms with Crippen LogP contribution >= 0.6 is 11.3 Å². The molecule has 2 amide bonds. The third kappa shape index (κ3) is 5.53. The van der Waals surface area contributed by atoms with E-state index in [9.17, 15) is 9.59 Å². The van der Waals surface area contributed by atoms with Gasteiger partial charge in [0.15, 0.2) is 5.76 Å². The minimum atomic E-state index is -0.272. The highest BCUT2D eigenvalue weighted by Gasteiger charge is 2.34. The Morgan fingerprint density at radius 3 is 2.58 bits per heavy atom. The summed E-state index contributed by atoms with van der Waals surface area (Å²) < 4.78 is 11.6. The van der Waals surface area contributed by atoms with Crippen LogP contribution in [0, 0.1) is 0 Å². The van der Waals surface area contributed by atoms with Crippen LogP contribution in [0.3, 0.4) is 0 Å². The van der Waals surface area contributed by atoms with E-state index in [0.717, 1.165) is 23.1 Å². The van der Waals surface area contributed by atoms with E-state index in [2.05, 4.69) is 16.4 Å². The molecule has 3 heterocycles. The predicted octanol–water partition coefficient (Wildman–Crippen LogP) is 6.03. The normalized spacial score (nSPS) is 14.4. The number of aromatic nitrogens is 1. The highest BCUT2D eigenvalue weighted by molar-refractivity contribution is 7.09. The van der Waals surface area contributed by atoms with Gasteiger partial charge in [-0.25, -0.2) is 4.98 Å². The number of furan rings is 1. The summed E-state index contributed by atoms with van der Waals surface area (Å²) in [5.41, 5.74) is 4.62. The second-order valence-electron chi connectivity index (χ2n) is 9.48. The number of hydrogen-bond donors (Lipinski definition) is 1. The molecule has 5 aromatic rings. The standard InChI is InChI=1S/C32H27N3O4S/c36-31(33-19-22-8-3-1-4-9-22)27-21-40-29(34-27)20-39-25-14-13-23-15-16-35(32(37)28-12-7-17-38-28)30(26(23)18-25)24-10-5-2-6-11-24/h1-14,17-18,21,30H,15-16,19-20H2,(H,33,36). The molecule has 0 saturated carbocycles. The zero-order valence-electron chi connectivity index (χ0n) is 21.7. The third-order valence-corrected chi connectivity index (χ3v) is 7.72. The van der Waals surface area contributed by atoms with Gasteiger partial charge in [-0.15, -0.1) is 11.3 Å². The number of fused-ring (bicyclic) bond motifs is 1. The van der Waals surface area contributed by atoms with Crippen LogP contribution in [-0.4, -0.2) is 28.2 Å². The van der Waals surface area contributed by atoms with Gasteiger partial charge in [-0.1, -0.05) is 66.7 Å². The van der Waals surface area contributed by atoms with Gasteiger partial charge in [0.05, 0.1) is 12.3 Å². The lowest BCUT2D eigenvalue weighted by Crippen LogP contribution is -2.40. The molecule has 1 aliphatic heterocycles. The lowest BCUT2D eigenvalue weighted by Gasteiger charge is -2.37. The smallest absolute Gasteiger partial charge is 0.290 e. The maximum Gasteiger partial charge on any atom is 0.290 e. The van der Waals surface area contributed by atoms with Crippen LogP contribution in [0.4, 0.5) is 0 Å². The van der Waals surface area contributed by atoms with Crippen molar-refractivity contribution in [1.29, 1.82) is 0 Å². The van der Waals surface area contributed by atoms with Gasteiger partial charge in [0, 0.05) is 18.5 Å². The maximum absolute atomic E-state index is 13.4. The van der Waals surface area contributed by atoms with E-state index < -0.39 is 0 Å². The van der Waals surface area contributed by atoms with E-state index in [1.807, 2.05) is 77.7 Å². The number of rotatable bonds is 8. The SMILES string of the molecule is O=C(NCc1ccccc1)c1csc(COc2ccc3c(c2)C(c2ccccc2)N(C(=O)c2ccco2)CC3)n1. The molecule has 1 unspecified atom stereocenters. The van der Waals surface area contributed by atoms with Crippen molar-refractivity contribution in [3.05, 3.63) is 141 Å². The van der Waals surface area contributed by atoms with Crippen LogP contribution in [0.15, 0.2) is 107 Å². The van der Waals surface area contributed by atoms with Gasteiger partial charge in [0.1, 0.15) is 23.1 Å². The summed E-state index contributed by atoms with van der Waals surface area (Å²) in [5.74, 6) is 0.644. The van der Waals surface area contributed by atoms with Crippen molar-refractivity contribution >= 4 is 23.2 Å². The number of nitrogens with zero attached hydrogens (tertiary/aromatic N) is 2. The zero-order valence-corrected chi connectivity index (χ0v) is 22.5. The first-order chi connectivity index (χ1) is 19.7. The molecule has 0 spiro atoms. The van der Waals surface area contributed by atoms with Crippen LogP contribution in [0.1, 0.15) is 54.3 Å². The Bertz CT molecular complexity index is 1600. The molecule has 0 radical (unpaired) electrons. The second-order valence-corrected chi connectivity index (χ2v) is 10.4. The van der Waals surface area contributed by atoms with Crippen molar-refractivity contribution in [2.75, 3.05) is 6.54 Å². The summed E-state index contributed by atoms with van der Waals surface area (Å²) in [6.07, 6.45) is 2.25. The van der Waals surface area contributed by atoms with Gasteiger partial charge in [0.25, 0.3) is 11.8 Å². The summed E-state index contributed by atoms with van der Waals surface area (Å²) >= 11 is 1.39. The fraction of sp³-hybridized carbons (Fsp3) is 0.156. The number of nitrogens with one attached hydrogen (secondary N) is 1. The number of hydrogen-bond acceptors (Lipinski definition) is 6. The number of carbonyl (C=O) groups excluding carboxylic acids is 2. The van der Waals surface area contributed by atoms with Crippen LogP contribution in [-0.2, 0) is 19.6 Å². The fourth-order valence-corrected chi connectivity index (χ4v) is 5.62. The number of thiazole rings is 1. The second kappa shape index (κ2) is 11.6. The van der Waals surface area contributed by atoms with Crippen LogP contribution in [0.2, 0.25) is 0 Å². The van der Waals surface area contributed by atoms with Gasteiger partial charge < -0.3 is 19.4 Å². The molecule has 1 N–H and O–H groups in total. The van der Waals surface area contributed by atoms with E-state index in [0.29, 0.717) is 35.3 Å². The molecule has 1 atom stereocenters. The van der Waals surface area contributed by atoms with Crippen molar-refractivity contribution < 1.29 is 18.7 Å². The predicted molar refractivity (Wildman–Crippen MR) is 152 cm³/mol. The Hall–Kier alpha value is -4.69. The summed E-state index contributed by atoms with van der Waals surface area (Å²) in [4.78, 5) is 32.3. The van der Waals surface area contributed by atoms with Crippen molar-refractivity contribution in [2.45, 2.75) is 25.6 Å². The van der Waals surface area contributed by atoms with E-state index in [-0.39, 0.29) is 24.5 Å². The van der Waals surface area contributed by atoms with Crippen LogP contribution < -0.4 is 10.1 Å². The Morgan fingerprint density at radius 2 is 1.80 bits per heavy atom. The Kier molecular flexibility index (Phi) is 7.41. The highest BCUT2D eigenvalue weighted by atomic mass is 32.1.